The number of piperidine rings is 1. The van der Waals surface area contributed by atoms with Gasteiger partial charge in [0.15, 0.2) is 0 Å². The summed E-state index contributed by atoms with van der Waals surface area (Å²) >= 11 is 0. The number of ether oxygens (including phenoxy) is 2. The van der Waals surface area contributed by atoms with Crippen molar-refractivity contribution < 1.29 is 19.1 Å². The summed E-state index contributed by atoms with van der Waals surface area (Å²) in [6.45, 7) is 3.70. The van der Waals surface area contributed by atoms with Crippen LogP contribution in [0, 0.1) is 12.8 Å². The van der Waals surface area contributed by atoms with Crippen molar-refractivity contribution in [2.24, 2.45) is 5.92 Å². The maximum Gasteiger partial charge on any atom is 0.238 e. The van der Waals surface area contributed by atoms with Crippen LogP contribution in [0.5, 0.6) is 17.2 Å². The minimum absolute atomic E-state index is 0.00780. The van der Waals surface area contributed by atoms with Crippen molar-refractivity contribution in [3.05, 3.63) is 78.4 Å². The molecule has 7 heteroatoms. The number of rotatable bonds is 8. The summed E-state index contributed by atoms with van der Waals surface area (Å²) < 4.78 is 11.2. The number of carbonyl (C=O) groups is 2. The molecular formula is C28H31N3O4. The quantitative estimate of drug-likeness (QED) is 0.477. The zero-order valence-electron chi connectivity index (χ0n) is 20.1. The van der Waals surface area contributed by atoms with Crippen molar-refractivity contribution >= 4 is 23.2 Å². The largest absolute Gasteiger partial charge is 0.495 e. The Bertz CT molecular complexity index is 1150. The molecule has 0 bridgehead atoms. The Balaban J connectivity index is 1.21. The van der Waals surface area contributed by atoms with Crippen LogP contribution >= 0.6 is 0 Å². The van der Waals surface area contributed by atoms with Crippen LogP contribution in [0.25, 0.3) is 0 Å². The zero-order chi connectivity index (χ0) is 24.6. The molecule has 2 amide bonds. The van der Waals surface area contributed by atoms with Gasteiger partial charge in [0.2, 0.25) is 11.8 Å². The van der Waals surface area contributed by atoms with Crippen LogP contribution in [0.3, 0.4) is 0 Å². The van der Waals surface area contributed by atoms with Crippen LogP contribution in [0.4, 0.5) is 11.4 Å². The van der Waals surface area contributed by atoms with Crippen molar-refractivity contribution in [3.8, 4) is 17.2 Å². The van der Waals surface area contributed by atoms with Crippen molar-refractivity contribution in [3.63, 3.8) is 0 Å². The molecule has 1 heterocycles. The molecule has 0 aromatic heterocycles. The molecule has 0 radical (unpaired) electrons. The molecule has 182 valence electrons. The van der Waals surface area contributed by atoms with Gasteiger partial charge in [-0.3, -0.25) is 14.5 Å². The molecule has 3 aromatic rings. The number of likely N-dealkylation sites (tertiary alicyclic amines) is 1. The highest BCUT2D eigenvalue weighted by atomic mass is 16.5. The lowest BCUT2D eigenvalue weighted by molar-refractivity contribution is -0.121. The molecule has 0 atom stereocenters. The highest BCUT2D eigenvalue weighted by molar-refractivity contribution is 5.94. The molecule has 35 heavy (non-hydrogen) atoms. The summed E-state index contributed by atoms with van der Waals surface area (Å²) in [5.41, 5.74) is 2.53. The SMILES string of the molecule is COc1ccccc1NC(=O)C1CCN(CC(=O)Nc2ccc(Oc3cccc(C)c3)cc2)CC1. The van der Waals surface area contributed by atoms with Crippen LogP contribution in [-0.4, -0.2) is 43.5 Å². The van der Waals surface area contributed by atoms with Crippen molar-refractivity contribution in [2.75, 3.05) is 37.4 Å². The van der Waals surface area contributed by atoms with Gasteiger partial charge in [0, 0.05) is 11.6 Å². The van der Waals surface area contributed by atoms with Gasteiger partial charge in [0.05, 0.1) is 19.3 Å². The smallest absolute Gasteiger partial charge is 0.238 e. The van der Waals surface area contributed by atoms with E-state index in [4.69, 9.17) is 9.47 Å². The monoisotopic (exact) mass is 473 g/mol. The van der Waals surface area contributed by atoms with E-state index in [9.17, 15) is 9.59 Å². The molecule has 3 aromatic carbocycles. The fraction of sp³-hybridized carbons (Fsp3) is 0.286. The number of amides is 2. The number of nitrogens with one attached hydrogen (secondary N) is 2. The Labute approximate surface area is 206 Å². The maximum atomic E-state index is 12.7. The number of hydrogen-bond donors (Lipinski definition) is 2. The van der Waals surface area contributed by atoms with Crippen molar-refractivity contribution in [2.45, 2.75) is 19.8 Å². The zero-order valence-corrected chi connectivity index (χ0v) is 20.1. The maximum absolute atomic E-state index is 12.7. The Hall–Kier alpha value is -3.84. The average Bonchev–Trinajstić information content (AvgIpc) is 2.86. The second-order valence-electron chi connectivity index (χ2n) is 8.73. The van der Waals surface area contributed by atoms with E-state index in [1.165, 1.54) is 0 Å². The summed E-state index contributed by atoms with van der Waals surface area (Å²) in [6, 6.07) is 22.6. The van der Waals surface area contributed by atoms with E-state index in [1.807, 2.05) is 79.7 Å². The first-order valence-corrected chi connectivity index (χ1v) is 11.8. The summed E-state index contributed by atoms with van der Waals surface area (Å²) in [5.74, 6) is 1.97. The van der Waals surface area contributed by atoms with Crippen LogP contribution < -0.4 is 20.1 Å². The number of nitrogens with zero attached hydrogens (tertiary/aromatic N) is 1. The van der Waals surface area contributed by atoms with Gasteiger partial charge in [-0.25, -0.2) is 0 Å². The fourth-order valence-corrected chi connectivity index (χ4v) is 4.16. The van der Waals surface area contributed by atoms with E-state index in [2.05, 4.69) is 15.5 Å². The summed E-state index contributed by atoms with van der Waals surface area (Å²) in [5, 5.41) is 5.91. The molecule has 7 nitrogen and oxygen atoms in total. The number of benzene rings is 3. The first-order valence-electron chi connectivity index (χ1n) is 11.8. The van der Waals surface area contributed by atoms with Crippen LogP contribution in [0.15, 0.2) is 72.8 Å². The Morgan fingerprint density at radius 3 is 2.37 bits per heavy atom. The fourth-order valence-electron chi connectivity index (χ4n) is 4.16. The molecule has 0 spiro atoms. The van der Waals surface area contributed by atoms with Crippen molar-refractivity contribution in [1.82, 2.24) is 4.90 Å². The molecule has 1 aliphatic heterocycles. The first kappa shape index (κ1) is 24.3. The van der Waals surface area contributed by atoms with Crippen LogP contribution in [0.1, 0.15) is 18.4 Å². The number of aryl methyl sites for hydroxylation is 1. The Kier molecular flexibility index (Phi) is 8.00. The minimum atomic E-state index is -0.0832. The van der Waals surface area contributed by atoms with E-state index in [1.54, 1.807) is 7.11 Å². The predicted molar refractivity (Wildman–Crippen MR) is 137 cm³/mol. The van der Waals surface area contributed by atoms with Gasteiger partial charge in [-0.2, -0.15) is 0 Å². The van der Waals surface area contributed by atoms with Gasteiger partial charge in [-0.15, -0.1) is 0 Å². The number of methoxy groups -OCH3 is 1. The predicted octanol–water partition coefficient (Wildman–Crippen LogP) is 5.09. The number of anilines is 2. The van der Waals surface area contributed by atoms with E-state index in [-0.39, 0.29) is 17.7 Å². The van der Waals surface area contributed by atoms with Gasteiger partial charge in [-0.05, 0) is 86.9 Å². The standard InChI is InChI=1S/C28H31N3O4/c1-20-6-5-7-24(18-20)35-23-12-10-22(11-13-23)29-27(32)19-31-16-14-21(15-17-31)28(33)30-25-8-3-4-9-26(25)34-2/h3-13,18,21H,14-17,19H2,1-2H3,(H,29,32)(H,30,33). The molecule has 1 aliphatic rings. The molecule has 0 saturated carbocycles. The van der Waals surface area contributed by atoms with E-state index in [0.717, 1.165) is 17.0 Å². The lowest BCUT2D eigenvalue weighted by Crippen LogP contribution is -2.41. The number of para-hydroxylation sites is 2. The molecule has 0 unspecified atom stereocenters. The van der Waals surface area contributed by atoms with Crippen molar-refractivity contribution in [1.29, 1.82) is 0 Å². The lowest BCUT2D eigenvalue weighted by Gasteiger charge is -2.30. The summed E-state index contributed by atoms with van der Waals surface area (Å²) in [4.78, 5) is 27.3. The Morgan fingerprint density at radius 1 is 0.914 bits per heavy atom. The summed E-state index contributed by atoms with van der Waals surface area (Å²) in [6.07, 6.45) is 1.42. The molecule has 1 fully saturated rings. The van der Waals surface area contributed by atoms with Gasteiger partial charge in [-0.1, -0.05) is 24.3 Å². The molecule has 4 rings (SSSR count). The molecule has 2 N–H and O–H groups in total. The summed E-state index contributed by atoms with van der Waals surface area (Å²) in [7, 11) is 1.59. The van der Waals surface area contributed by atoms with E-state index >= 15 is 0 Å². The lowest BCUT2D eigenvalue weighted by atomic mass is 9.95. The number of hydrogen-bond acceptors (Lipinski definition) is 5. The molecule has 1 saturated heterocycles. The normalized spacial score (nSPS) is 14.2. The highest BCUT2D eigenvalue weighted by Gasteiger charge is 2.26. The molecular weight excluding hydrogens is 442 g/mol. The number of carbonyl (C=O) groups excluding carboxylic acids is 2. The minimum Gasteiger partial charge on any atom is -0.495 e. The van der Waals surface area contributed by atoms with Gasteiger partial charge in [0.1, 0.15) is 17.2 Å². The van der Waals surface area contributed by atoms with Crippen LogP contribution in [-0.2, 0) is 9.59 Å². The van der Waals surface area contributed by atoms with E-state index in [0.29, 0.717) is 49.7 Å². The van der Waals surface area contributed by atoms with Gasteiger partial charge < -0.3 is 20.1 Å². The first-order chi connectivity index (χ1) is 17.0. The van der Waals surface area contributed by atoms with Crippen LogP contribution in [0.2, 0.25) is 0 Å². The average molecular weight is 474 g/mol. The topological polar surface area (TPSA) is 79.9 Å². The second-order valence-corrected chi connectivity index (χ2v) is 8.73. The third-order valence-corrected chi connectivity index (χ3v) is 6.05. The molecule has 0 aliphatic carbocycles. The van der Waals surface area contributed by atoms with Gasteiger partial charge >= 0.3 is 0 Å². The Morgan fingerprint density at radius 2 is 1.66 bits per heavy atom. The second kappa shape index (κ2) is 11.5. The van der Waals surface area contributed by atoms with Gasteiger partial charge in [0.25, 0.3) is 0 Å². The van der Waals surface area contributed by atoms with E-state index < -0.39 is 0 Å². The third-order valence-electron chi connectivity index (χ3n) is 6.05. The highest BCUT2D eigenvalue weighted by Crippen LogP contribution is 2.26. The third kappa shape index (κ3) is 6.83.